The number of hydrogen-bond donors (Lipinski definition) is 0. The van der Waals surface area contributed by atoms with E-state index in [2.05, 4.69) is 25.9 Å². The fraction of sp³-hybridized carbons (Fsp3) is 0.636. The van der Waals surface area contributed by atoms with Gasteiger partial charge in [0, 0.05) is 19.2 Å². The zero-order valence-electron chi connectivity index (χ0n) is 9.53. The number of ketones is 1. The molecule has 1 unspecified atom stereocenters. The molecular weight excluding hydrogens is 176 g/mol. The average molecular weight is 194 g/mol. The summed E-state index contributed by atoms with van der Waals surface area (Å²) < 4.78 is 1.66. The Morgan fingerprint density at radius 3 is 2.43 bits per heavy atom. The van der Waals surface area contributed by atoms with Crippen LogP contribution in [0.3, 0.4) is 0 Å². The first-order chi connectivity index (χ1) is 6.32. The van der Waals surface area contributed by atoms with Crippen molar-refractivity contribution >= 4 is 5.78 Å². The van der Waals surface area contributed by atoms with E-state index >= 15 is 0 Å². The molecule has 0 amide bonds. The molecule has 3 nitrogen and oxygen atoms in total. The molecule has 3 heteroatoms. The third kappa shape index (κ3) is 2.22. The van der Waals surface area contributed by atoms with Crippen LogP contribution in [0.4, 0.5) is 0 Å². The molecule has 1 rings (SSSR count). The van der Waals surface area contributed by atoms with Gasteiger partial charge in [0.1, 0.15) is 5.69 Å². The topological polar surface area (TPSA) is 34.9 Å². The summed E-state index contributed by atoms with van der Waals surface area (Å²) in [5.74, 6) is 0.121. The van der Waals surface area contributed by atoms with Crippen LogP contribution in [0, 0.1) is 11.3 Å². The summed E-state index contributed by atoms with van der Waals surface area (Å²) in [6.07, 6.45) is 1.79. The molecule has 0 aliphatic rings. The van der Waals surface area contributed by atoms with Crippen molar-refractivity contribution in [2.45, 2.75) is 27.7 Å². The van der Waals surface area contributed by atoms with Gasteiger partial charge in [-0.2, -0.15) is 5.10 Å². The maximum Gasteiger partial charge on any atom is 0.186 e. The lowest BCUT2D eigenvalue weighted by atomic mass is 9.79. The number of aromatic nitrogens is 2. The SMILES string of the molecule is CC(C(=O)c1ccn(C)n1)C(C)(C)C. The molecule has 0 saturated heterocycles. The first kappa shape index (κ1) is 11.0. The Hall–Kier alpha value is -1.12. The number of hydrogen-bond acceptors (Lipinski definition) is 2. The molecule has 1 heterocycles. The van der Waals surface area contributed by atoms with Gasteiger partial charge in [0.2, 0.25) is 0 Å². The van der Waals surface area contributed by atoms with Crippen molar-refractivity contribution in [3.05, 3.63) is 18.0 Å². The smallest absolute Gasteiger partial charge is 0.186 e. The van der Waals surface area contributed by atoms with Crippen molar-refractivity contribution in [1.29, 1.82) is 0 Å². The Balaban J connectivity index is 2.86. The van der Waals surface area contributed by atoms with Crippen LogP contribution in [-0.2, 0) is 7.05 Å². The molecule has 1 aromatic heterocycles. The molecular formula is C11H18N2O. The summed E-state index contributed by atoms with van der Waals surface area (Å²) in [5.41, 5.74) is 0.559. The number of carbonyl (C=O) groups is 1. The molecule has 1 aromatic rings. The Bertz CT molecular complexity index is 333. The van der Waals surface area contributed by atoms with Crippen LogP contribution in [0.15, 0.2) is 12.3 Å². The predicted octanol–water partition coefficient (Wildman–Crippen LogP) is 2.29. The van der Waals surface area contributed by atoms with Crippen molar-refractivity contribution in [3.63, 3.8) is 0 Å². The van der Waals surface area contributed by atoms with Crippen LogP contribution >= 0.6 is 0 Å². The van der Waals surface area contributed by atoms with Crippen molar-refractivity contribution < 1.29 is 4.79 Å². The zero-order valence-corrected chi connectivity index (χ0v) is 9.53. The van der Waals surface area contributed by atoms with E-state index in [-0.39, 0.29) is 17.1 Å². The van der Waals surface area contributed by atoms with E-state index in [9.17, 15) is 4.79 Å². The Kier molecular flexibility index (Phi) is 2.79. The molecule has 0 saturated carbocycles. The number of carbonyl (C=O) groups excluding carboxylic acids is 1. The molecule has 1 atom stereocenters. The molecule has 0 aromatic carbocycles. The molecule has 14 heavy (non-hydrogen) atoms. The quantitative estimate of drug-likeness (QED) is 0.677. The Labute approximate surface area is 85.1 Å². The first-order valence-electron chi connectivity index (χ1n) is 4.86. The van der Waals surface area contributed by atoms with Gasteiger partial charge in [-0.1, -0.05) is 27.7 Å². The minimum atomic E-state index is -0.00535. The van der Waals surface area contributed by atoms with E-state index in [0.29, 0.717) is 5.69 Å². The lowest BCUT2D eigenvalue weighted by Crippen LogP contribution is -2.26. The zero-order chi connectivity index (χ0) is 10.9. The molecule has 0 bridgehead atoms. The number of Topliss-reactive ketones (excluding diaryl/α,β-unsaturated/α-hetero) is 1. The van der Waals surface area contributed by atoms with Crippen molar-refractivity contribution in [1.82, 2.24) is 9.78 Å². The van der Waals surface area contributed by atoms with Gasteiger partial charge in [0.05, 0.1) is 0 Å². The van der Waals surface area contributed by atoms with Crippen LogP contribution in [0.1, 0.15) is 38.2 Å². The van der Waals surface area contributed by atoms with E-state index in [1.54, 1.807) is 16.9 Å². The monoisotopic (exact) mass is 194 g/mol. The molecule has 0 N–H and O–H groups in total. The minimum Gasteiger partial charge on any atom is -0.292 e. The van der Waals surface area contributed by atoms with Crippen LogP contribution in [0.25, 0.3) is 0 Å². The van der Waals surface area contributed by atoms with Crippen LogP contribution in [0.5, 0.6) is 0 Å². The predicted molar refractivity (Wildman–Crippen MR) is 56.2 cm³/mol. The van der Waals surface area contributed by atoms with E-state index < -0.39 is 0 Å². The fourth-order valence-electron chi connectivity index (χ4n) is 1.16. The highest BCUT2D eigenvalue weighted by atomic mass is 16.1. The second-order valence-electron chi connectivity index (χ2n) is 4.83. The van der Waals surface area contributed by atoms with Crippen molar-refractivity contribution in [3.8, 4) is 0 Å². The second kappa shape index (κ2) is 3.56. The summed E-state index contributed by atoms with van der Waals surface area (Å²) in [4.78, 5) is 11.9. The number of rotatable bonds is 2. The van der Waals surface area contributed by atoms with E-state index in [1.807, 2.05) is 14.0 Å². The largest absolute Gasteiger partial charge is 0.292 e. The first-order valence-corrected chi connectivity index (χ1v) is 4.86. The summed E-state index contributed by atoms with van der Waals surface area (Å²) in [5, 5.41) is 4.11. The van der Waals surface area contributed by atoms with Gasteiger partial charge in [-0.15, -0.1) is 0 Å². The Morgan fingerprint density at radius 2 is 2.07 bits per heavy atom. The average Bonchev–Trinajstić information content (AvgIpc) is 2.47. The summed E-state index contributed by atoms with van der Waals surface area (Å²) in [6.45, 7) is 8.16. The third-order valence-corrected chi connectivity index (χ3v) is 2.66. The summed E-state index contributed by atoms with van der Waals surface area (Å²) >= 11 is 0. The number of nitrogens with zero attached hydrogens (tertiary/aromatic N) is 2. The standard InChI is InChI=1S/C11H18N2O/c1-8(11(2,3)4)10(14)9-6-7-13(5)12-9/h6-8H,1-5H3. The van der Waals surface area contributed by atoms with Gasteiger partial charge in [0.15, 0.2) is 5.78 Å². The molecule has 0 spiro atoms. The highest BCUT2D eigenvalue weighted by Gasteiger charge is 2.28. The van der Waals surface area contributed by atoms with Crippen LogP contribution in [-0.4, -0.2) is 15.6 Å². The maximum absolute atomic E-state index is 11.9. The molecule has 0 aliphatic carbocycles. The third-order valence-electron chi connectivity index (χ3n) is 2.66. The van der Waals surface area contributed by atoms with Gasteiger partial charge >= 0.3 is 0 Å². The van der Waals surface area contributed by atoms with E-state index in [4.69, 9.17) is 0 Å². The molecule has 0 fully saturated rings. The highest BCUT2D eigenvalue weighted by molar-refractivity contribution is 5.96. The molecule has 0 radical (unpaired) electrons. The van der Waals surface area contributed by atoms with Gasteiger partial charge in [-0.3, -0.25) is 9.48 Å². The molecule has 0 aliphatic heterocycles. The molecule has 78 valence electrons. The van der Waals surface area contributed by atoms with Crippen LogP contribution < -0.4 is 0 Å². The maximum atomic E-state index is 11.9. The van der Waals surface area contributed by atoms with Gasteiger partial charge in [-0.25, -0.2) is 0 Å². The van der Waals surface area contributed by atoms with Gasteiger partial charge < -0.3 is 0 Å². The minimum absolute atomic E-state index is 0.00241. The Morgan fingerprint density at radius 1 is 1.50 bits per heavy atom. The van der Waals surface area contributed by atoms with E-state index in [0.717, 1.165) is 0 Å². The normalized spacial score (nSPS) is 14.1. The number of aryl methyl sites for hydroxylation is 1. The lowest BCUT2D eigenvalue weighted by Gasteiger charge is -2.25. The fourth-order valence-corrected chi connectivity index (χ4v) is 1.16. The van der Waals surface area contributed by atoms with Crippen molar-refractivity contribution in [2.24, 2.45) is 18.4 Å². The van der Waals surface area contributed by atoms with Crippen LogP contribution in [0.2, 0.25) is 0 Å². The summed E-state index contributed by atoms with van der Waals surface area (Å²) in [6, 6.07) is 1.77. The lowest BCUT2D eigenvalue weighted by molar-refractivity contribution is 0.0833. The van der Waals surface area contributed by atoms with E-state index in [1.165, 1.54) is 0 Å². The van der Waals surface area contributed by atoms with Gasteiger partial charge in [-0.05, 0) is 11.5 Å². The highest BCUT2D eigenvalue weighted by Crippen LogP contribution is 2.27. The van der Waals surface area contributed by atoms with Gasteiger partial charge in [0.25, 0.3) is 0 Å². The second-order valence-corrected chi connectivity index (χ2v) is 4.83. The van der Waals surface area contributed by atoms with Crippen molar-refractivity contribution in [2.75, 3.05) is 0 Å². The summed E-state index contributed by atoms with van der Waals surface area (Å²) in [7, 11) is 1.82.